The molecule has 2 atom stereocenters. The van der Waals surface area contributed by atoms with Crippen molar-refractivity contribution in [2.75, 3.05) is 6.54 Å². The van der Waals surface area contributed by atoms with Crippen molar-refractivity contribution in [3.8, 4) is 0 Å². The first kappa shape index (κ1) is 13.1. The third kappa shape index (κ3) is 3.88. The summed E-state index contributed by atoms with van der Waals surface area (Å²) in [4.78, 5) is 14.6. The molecule has 16 heavy (non-hydrogen) atoms. The molecular formula is C10H13BrN2O3. The van der Waals surface area contributed by atoms with Gasteiger partial charge in [0.05, 0.1) is 0 Å². The Morgan fingerprint density at radius 2 is 2.31 bits per heavy atom. The van der Waals surface area contributed by atoms with Crippen molar-refractivity contribution in [1.29, 1.82) is 0 Å². The van der Waals surface area contributed by atoms with E-state index in [0.29, 0.717) is 10.2 Å². The number of nitrogens with zero attached hydrogens (tertiary/aromatic N) is 1. The van der Waals surface area contributed by atoms with Crippen molar-refractivity contribution in [1.82, 2.24) is 10.3 Å². The Bertz CT molecular complexity index is 373. The van der Waals surface area contributed by atoms with Crippen LogP contribution in [0.4, 0.5) is 0 Å². The average Bonchev–Trinajstić information content (AvgIpc) is 2.24. The molecule has 2 unspecified atom stereocenters. The van der Waals surface area contributed by atoms with Gasteiger partial charge in [-0.2, -0.15) is 0 Å². The van der Waals surface area contributed by atoms with E-state index in [1.165, 1.54) is 13.1 Å². The molecule has 0 bridgehead atoms. The maximum Gasteiger partial charge on any atom is 0.216 e. The van der Waals surface area contributed by atoms with Crippen LogP contribution in [0.1, 0.15) is 18.6 Å². The molecule has 0 aliphatic carbocycles. The summed E-state index contributed by atoms with van der Waals surface area (Å²) in [6, 6.07) is 3.22. The summed E-state index contributed by atoms with van der Waals surface area (Å²) in [6.45, 7) is 1.36. The van der Waals surface area contributed by atoms with Crippen molar-refractivity contribution < 1.29 is 15.0 Å². The number of carbonyl (C=O) groups is 1. The predicted molar refractivity (Wildman–Crippen MR) is 61.6 cm³/mol. The van der Waals surface area contributed by atoms with Crippen LogP contribution in [0, 0.1) is 0 Å². The fourth-order valence-electron chi connectivity index (χ4n) is 1.18. The molecule has 0 aliphatic heterocycles. The molecule has 0 saturated carbocycles. The standard InChI is InChI=1S/C10H13BrN2O3/c1-6(14)13-5-8(15)10(16)7-2-3-12-9(11)4-7/h2-4,8,10,15-16H,5H2,1H3,(H,13,14). The summed E-state index contributed by atoms with van der Waals surface area (Å²) in [6.07, 6.45) is -0.572. The molecule has 0 radical (unpaired) electrons. The molecule has 0 fully saturated rings. The number of carbonyl (C=O) groups excluding carboxylic acids is 1. The van der Waals surface area contributed by atoms with Gasteiger partial charge < -0.3 is 15.5 Å². The Morgan fingerprint density at radius 1 is 1.62 bits per heavy atom. The van der Waals surface area contributed by atoms with Gasteiger partial charge in [-0.3, -0.25) is 4.79 Å². The van der Waals surface area contributed by atoms with Gasteiger partial charge in [-0.05, 0) is 33.6 Å². The molecule has 1 aromatic rings. The molecule has 1 heterocycles. The molecule has 6 heteroatoms. The lowest BCUT2D eigenvalue weighted by Crippen LogP contribution is -2.34. The average molecular weight is 289 g/mol. The van der Waals surface area contributed by atoms with Crippen LogP contribution in [-0.2, 0) is 4.79 Å². The molecule has 1 aromatic heterocycles. The van der Waals surface area contributed by atoms with E-state index in [4.69, 9.17) is 0 Å². The minimum absolute atomic E-state index is 0.0104. The Hall–Kier alpha value is -0.980. The topological polar surface area (TPSA) is 82.5 Å². The van der Waals surface area contributed by atoms with Gasteiger partial charge in [0, 0.05) is 19.7 Å². The molecule has 3 N–H and O–H groups in total. The SMILES string of the molecule is CC(=O)NCC(O)C(O)c1ccnc(Br)c1. The fourth-order valence-corrected chi connectivity index (χ4v) is 1.57. The van der Waals surface area contributed by atoms with Crippen LogP contribution in [-0.4, -0.2) is 33.8 Å². The van der Waals surface area contributed by atoms with Crippen LogP contribution in [0.15, 0.2) is 22.9 Å². The van der Waals surface area contributed by atoms with Gasteiger partial charge in [-0.25, -0.2) is 4.98 Å². The highest BCUT2D eigenvalue weighted by molar-refractivity contribution is 9.10. The molecule has 1 rings (SSSR count). The van der Waals surface area contributed by atoms with Gasteiger partial charge >= 0.3 is 0 Å². The van der Waals surface area contributed by atoms with Crippen LogP contribution in [0.3, 0.4) is 0 Å². The summed E-state index contributed by atoms with van der Waals surface area (Å²) in [5.41, 5.74) is 0.541. The maximum atomic E-state index is 10.6. The van der Waals surface area contributed by atoms with Gasteiger partial charge in [0.25, 0.3) is 0 Å². The molecule has 88 valence electrons. The van der Waals surface area contributed by atoms with E-state index in [9.17, 15) is 15.0 Å². The van der Waals surface area contributed by atoms with Crippen molar-refractivity contribution in [3.05, 3.63) is 28.5 Å². The van der Waals surface area contributed by atoms with Gasteiger partial charge in [-0.15, -0.1) is 0 Å². The number of rotatable bonds is 4. The zero-order valence-corrected chi connectivity index (χ0v) is 10.3. The minimum atomic E-state index is -1.05. The van der Waals surface area contributed by atoms with Crippen molar-refractivity contribution in [2.24, 2.45) is 0 Å². The van der Waals surface area contributed by atoms with Crippen molar-refractivity contribution >= 4 is 21.8 Å². The van der Waals surface area contributed by atoms with Gasteiger partial charge in [0.2, 0.25) is 5.91 Å². The van der Waals surface area contributed by atoms with Gasteiger partial charge in [-0.1, -0.05) is 0 Å². The number of nitrogens with one attached hydrogen (secondary N) is 1. The fraction of sp³-hybridized carbons (Fsp3) is 0.400. The summed E-state index contributed by atoms with van der Waals surface area (Å²) in [5, 5.41) is 21.8. The first-order valence-electron chi connectivity index (χ1n) is 4.72. The van der Waals surface area contributed by atoms with E-state index in [1.807, 2.05) is 0 Å². The van der Waals surface area contributed by atoms with E-state index in [0.717, 1.165) is 0 Å². The van der Waals surface area contributed by atoms with E-state index in [1.54, 1.807) is 12.1 Å². The smallest absolute Gasteiger partial charge is 0.216 e. The maximum absolute atomic E-state index is 10.6. The lowest BCUT2D eigenvalue weighted by Gasteiger charge is -2.18. The third-order valence-electron chi connectivity index (χ3n) is 2.02. The Labute approximate surface area is 102 Å². The Morgan fingerprint density at radius 3 is 2.88 bits per heavy atom. The van der Waals surface area contributed by atoms with Crippen LogP contribution >= 0.6 is 15.9 Å². The normalized spacial score (nSPS) is 14.2. The molecule has 0 aromatic carbocycles. The van der Waals surface area contributed by atoms with Gasteiger partial charge in [0.1, 0.15) is 16.8 Å². The molecule has 0 saturated heterocycles. The lowest BCUT2D eigenvalue weighted by atomic mass is 10.1. The minimum Gasteiger partial charge on any atom is -0.388 e. The molecule has 0 spiro atoms. The van der Waals surface area contributed by atoms with Crippen molar-refractivity contribution in [2.45, 2.75) is 19.1 Å². The highest BCUT2D eigenvalue weighted by Gasteiger charge is 2.18. The highest BCUT2D eigenvalue weighted by atomic mass is 79.9. The quantitative estimate of drug-likeness (QED) is 0.700. The second-order valence-corrected chi connectivity index (χ2v) is 4.17. The van der Waals surface area contributed by atoms with Crippen LogP contribution in [0.2, 0.25) is 0 Å². The molecule has 5 nitrogen and oxygen atoms in total. The van der Waals surface area contributed by atoms with E-state index in [-0.39, 0.29) is 12.5 Å². The summed E-state index contributed by atoms with van der Waals surface area (Å²) >= 11 is 3.17. The number of hydrogen-bond donors (Lipinski definition) is 3. The Kier molecular flexibility index (Phi) is 4.85. The summed E-state index contributed by atoms with van der Waals surface area (Å²) < 4.78 is 0.579. The monoisotopic (exact) mass is 288 g/mol. The molecule has 1 amide bonds. The first-order chi connectivity index (χ1) is 7.50. The molecular weight excluding hydrogens is 276 g/mol. The van der Waals surface area contributed by atoms with E-state index < -0.39 is 12.2 Å². The number of halogens is 1. The number of hydrogen-bond acceptors (Lipinski definition) is 4. The second kappa shape index (κ2) is 5.93. The van der Waals surface area contributed by atoms with Gasteiger partial charge in [0.15, 0.2) is 0 Å². The third-order valence-corrected chi connectivity index (χ3v) is 2.45. The van der Waals surface area contributed by atoms with E-state index in [2.05, 4.69) is 26.2 Å². The number of aliphatic hydroxyl groups is 2. The summed E-state index contributed by atoms with van der Waals surface area (Å²) in [7, 11) is 0. The summed E-state index contributed by atoms with van der Waals surface area (Å²) in [5.74, 6) is -0.248. The highest BCUT2D eigenvalue weighted by Crippen LogP contribution is 2.18. The second-order valence-electron chi connectivity index (χ2n) is 3.36. The number of aromatic nitrogens is 1. The largest absolute Gasteiger partial charge is 0.388 e. The lowest BCUT2D eigenvalue weighted by molar-refractivity contribution is -0.119. The number of amides is 1. The number of aliphatic hydroxyl groups excluding tert-OH is 2. The predicted octanol–water partition coefficient (Wildman–Crippen LogP) is 0.374. The van der Waals surface area contributed by atoms with Crippen LogP contribution in [0.25, 0.3) is 0 Å². The zero-order chi connectivity index (χ0) is 12.1. The van der Waals surface area contributed by atoms with E-state index >= 15 is 0 Å². The zero-order valence-electron chi connectivity index (χ0n) is 8.72. The van der Waals surface area contributed by atoms with Crippen molar-refractivity contribution in [3.63, 3.8) is 0 Å². The Balaban J connectivity index is 2.62. The van der Waals surface area contributed by atoms with Crippen LogP contribution in [0.5, 0.6) is 0 Å². The number of pyridine rings is 1. The molecule has 0 aliphatic rings. The first-order valence-corrected chi connectivity index (χ1v) is 5.52. The van der Waals surface area contributed by atoms with Crippen LogP contribution < -0.4 is 5.32 Å².